The molecule has 2 heterocycles. The summed E-state index contributed by atoms with van der Waals surface area (Å²) in [6, 6.07) is 6.85. The highest BCUT2D eigenvalue weighted by molar-refractivity contribution is 5.94. The minimum Gasteiger partial charge on any atom is -0.462 e. The monoisotopic (exact) mass is 471 g/mol. The average molecular weight is 472 g/mol. The van der Waals surface area contributed by atoms with Crippen molar-refractivity contribution in [2.45, 2.75) is 66.0 Å². The Hall–Kier alpha value is -2.71. The van der Waals surface area contributed by atoms with Crippen molar-refractivity contribution in [2.24, 2.45) is 5.41 Å². The molecule has 186 valence electrons. The second-order valence-corrected chi connectivity index (χ2v) is 9.63. The predicted molar refractivity (Wildman–Crippen MR) is 129 cm³/mol. The van der Waals surface area contributed by atoms with Gasteiger partial charge in [0, 0.05) is 43.7 Å². The van der Waals surface area contributed by atoms with Gasteiger partial charge in [-0.15, -0.1) is 0 Å². The van der Waals surface area contributed by atoms with Gasteiger partial charge in [-0.05, 0) is 50.8 Å². The van der Waals surface area contributed by atoms with Gasteiger partial charge in [-0.25, -0.2) is 4.79 Å². The van der Waals surface area contributed by atoms with Gasteiger partial charge in [-0.3, -0.25) is 9.48 Å². The van der Waals surface area contributed by atoms with E-state index in [-0.39, 0.29) is 12.5 Å². The highest BCUT2D eigenvalue weighted by Crippen LogP contribution is 2.27. The average Bonchev–Trinajstić information content (AvgIpc) is 3.13. The first-order chi connectivity index (χ1) is 16.2. The first-order valence-electron chi connectivity index (χ1n) is 12.1. The van der Waals surface area contributed by atoms with Gasteiger partial charge in [-0.1, -0.05) is 26.0 Å². The molecular weight excluding hydrogens is 434 g/mol. The van der Waals surface area contributed by atoms with Gasteiger partial charge in [0.1, 0.15) is 5.69 Å². The molecule has 1 aromatic heterocycles. The van der Waals surface area contributed by atoms with Gasteiger partial charge < -0.3 is 19.9 Å². The molecule has 3 rings (SSSR count). The van der Waals surface area contributed by atoms with Crippen LogP contribution in [-0.2, 0) is 28.9 Å². The molecule has 8 nitrogen and oxygen atoms in total. The van der Waals surface area contributed by atoms with Crippen LogP contribution in [0.25, 0.3) is 0 Å². The zero-order valence-electron chi connectivity index (χ0n) is 20.7. The van der Waals surface area contributed by atoms with Gasteiger partial charge in [0.05, 0.1) is 24.0 Å². The quantitative estimate of drug-likeness (QED) is 0.600. The summed E-state index contributed by atoms with van der Waals surface area (Å²) >= 11 is 0. The smallest absolute Gasteiger partial charge is 0.338 e. The van der Waals surface area contributed by atoms with Gasteiger partial charge in [-0.2, -0.15) is 5.10 Å². The number of aliphatic hydroxyl groups is 1. The van der Waals surface area contributed by atoms with Crippen molar-refractivity contribution in [1.82, 2.24) is 15.1 Å². The Balaban J connectivity index is 1.76. The van der Waals surface area contributed by atoms with E-state index in [1.165, 1.54) is 0 Å². The van der Waals surface area contributed by atoms with E-state index in [4.69, 9.17) is 14.6 Å². The Bertz CT molecular complexity index is 996. The van der Waals surface area contributed by atoms with Crippen LogP contribution in [0.2, 0.25) is 0 Å². The van der Waals surface area contributed by atoms with Gasteiger partial charge in [0.2, 0.25) is 0 Å². The molecule has 0 fully saturated rings. The number of nitrogens with zero attached hydrogens (tertiary/aromatic N) is 2. The lowest BCUT2D eigenvalue weighted by atomic mass is 9.86. The van der Waals surface area contributed by atoms with Crippen LogP contribution in [0, 0.1) is 5.41 Å². The summed E-state index contributed by atoms with van der Waals surface area (Å²) in [4.78, 5) is 25.6. The summed E-state index contributed by atoms with van der Waals surface area (Å²) in [5, 5.41) is 17.5. The van der Waals surface area contributed by atoms with E-state index < -0.39 is 17.5 Å². The third kappa shape index (κ3) is 6.67. The van der Waals surface area contributed by atoms with Crippen molar-refractivity contribution in [3.63, 3.8) is 0 Å². The lowest BCUT2D eigenvalue weighted by molar-refractivity contribution is 0.0339. The van der Waals surface area contributed by atoms with Gasteiger partial charge >= 0.3 is 5.97 Å². The fraction of sp³-hybridized carbons (Fsp3) is 0.577. The zero-order chi connectivity index (χ0) is 24.7. The number of hydrogen-bond acceptors (Lipinski definition) is 6. The normalized spacial score (nSPS) is 16.2. The van der Waals surface area contributed by atoms with E-state index in [1.807, 2.05) is 20.8 Å². The van der Waals surface area contributed by atoms with Crippen molar-refractivity contribution in [2.75, 3.05) is 26.4 Å². The van der Waals surface area contributed by atoms with Crippen molar-refractivity contribution in [3.8, 4) is 0 Å². The molecule has 0 spiro atoms. The standard InChI is InChI=1S/C26H37N3O5/c1-5-29-23-21(11-7-13-33-14-8-12-27-24(23)31)22(28-29)16-26(3,4)17-34-25(32)20-10-6-9-19(15-20)18(2)30/h6,9-10,15,18,30H,5,7-8,11-14,16-17H2,1-4H3,(H,27,31). The van der Waals surface area contributed by atoms with Crippen LogP contribution in [0.3, 0.4) is 0 Å². The summed E-state index contributed by atoms with van der Waals surface area (Å²) in [5.74, 6) is -0.523. The number of esters is 1. The Kier molecular flexibility index (Phi) is 8.85. The number of benzene rings is 1. The molecule has 0 radical (unpaired) electrons. The lowest BCUT2D eigenvalue weighted by Gasteiger charge is -2.24. The Morgan fingerprint density at radius 2 is 2.09 bits per heavy atom. The molecule has 0 saturated heterocycles. The first-order valence-corrected chi connectivity index (χ1v) is 12.1. The maximum absolute atomic E-state index is 12.9. The summed E-state index contributed by atoms with van der Waals surface area (Å²) < 4.78 is 13.1. The van der Waals surface area contributed by atoms with Crippen molar-refractivity contribution < 1.29 is 24.2 Å². The second-order valence-electron chi connectivity index (χ2n) is 9.63. The highest BCUT2D eigenvalue weighted by atomic mass is 16.5. The molecule has 0 saturated carbocycles. The first kappa shape index (κ1) is 25.9. The minimum atomic E-state index is -0.655. The number of hydrogen-bond donors (Lipinski definition) is 2. The van der Waals surface area contributed by atoms with E-state index in [9.17, 15) is 14.7 Å². The van der Waals surface area contributed by atoms with E-state index >= 15 is 0 Å². The van der Waals surface area contributed by atoms with E-state index in [1.54, 1.807) is 35.9 Å². The third-order valence-electron chi connectivity index (χ3n) is 5.96. The Labute approximate surface area is 201 Å². The molecule has 0 aliphatic carbocycles. The van der Waals surface area contributed by atoms with Crippen LogP contribution in [0.4, 0.5) is 0 Å². The summed E-state index contributed by atoms with van der Waals surface area (Å²) in [5.41, 5.74) is 3.13. The zero-order valence-corrected chi connectivity index (χ0v) is 20.7. The maximum Gasteiger partial charge on any atom is 0.338 e. The molecule has 1 aromatic carbocycles. The largest absolute Gasteiger partial charge is 0.462 e. The Morgan fingerprint density at radius 1 is 1.32 bits per heavy atom. The number of ether oxygens (including phenoxy) is 2. The molecule has 2 N–H and O–H groups in total. The van der Waals surface area contributed by atoms with Crippen molar-refractivity contribution in [1.29, 1.82) is 0 Å². The number of rotatable bonds is 7. The number of fused-ring (bicyclic) bond motifs is 1. The van der Waals surface area contributed by atoms with Gasteiger partial charge in [0.25, 0.3) is 5.91 Å². The molecule has 2 aromatic rings. The minimum absolute atomic E-state index is 0.0975. The number of nitrogens with one attached hydrogen (secondary N) is 1. The fourth-order valence-corrected chi connectivity index (χ4v) is 4.12. The van der Waals surface area contributed by atoms with Crippen LogP contribution >= 0.6 is 0 Å². The van der Waals surface area contributed by atoms with Crippen LogP contribution in [-0.4, -0.2) is 53.1 Å². The third-order valence-corrected chi connectivity index (χ3v) is 5.96. The number of carbonyl (C=O) groups excluding carboxylic acids is 2. The molecule has 34 heavy (non-hydrogen) atoms. The molecule has 1 aliphatic heterocycles. The number of carbonyl (C=O) groups is 2. The number of aromatic nitrogens is 2. The summed E-state index contributed by atoms with van der Waals surface area (Å²) in [7, 11) is 0. The van der Waals surface area contributed by atoms with Crippen LogP contribution in [0.5, 0.6) is 0 Å². The molecule has 1 aliphatic rings. The fourth-order valence-electron chi connectivity index (χ4n) is 4.12. The number of aliphatic hydroxyl groups excluding tert-OH is 1. The van der Waals surface area contributed by atoms with E-state index in [0.29, 0.717) is 56.0 Å². The predicted octanol–water partition coefficient (Wildman–Crippen LogP) is 3.46. The van der Waals surface area contributed by atoms with Crippen LogP contribution in [0.15, 0.2) is 24.3 Å². The maximum atomic E-state index is 12.9. The molecule has 0 bridgehead atoms. The highest BCUT2D eigenvalue weighted by Gasteiger charge is 2.29. The summed E-state index contributed by atoms with van der Waals surface area (Å²) in [6.07, 6.45) is 2.22. The van der Waals surface area contributed by atoms with E-state index in [0.717, 1.165) is 24.1 Å². The molecule has 1 unspecified atom stereocenters. The number of aryl methyl sites for hydroxylation is 1. The summed E-state index contributed by atoms with van der Waals surface area (Å²) in [6.45, 7) is 10.4. The molecule has 1 amide bonds. The van der Waals surface area contributed by atoms with E-state index in [2.05, 4.69) is 5.32 Å². The molecule has 8 heteroatoms. The van der Waals surface area contributed by atoms with Crippen molar-refractivity contribution in [3.05, 3.63) is 52.3 Å². The van der Waals surface area contributed by atoms with Crippen LogP contribution in [0.1, 0.15) is 84.3 Å². The van der Waals surface area contributed by atoms with Gasteiger partial charge in [0.15, 0.2) is 0 Å². The Morgan fingerprint density at radius 3 is 2.82 bits per heavy atom. The van der Waals surface area contributed by atoms with Crippen molar-refractivity contribution >= 4 is 11.9 Å². The van der Waals surface area contributed by atoms with Crippen LogP contribution < -0.4 is 5.32 Å². The molecule has 1 atom stereocenters. The SMILES string of the molecule is CCn1nc(CC(C)(C)COC(=O)c2cccc(C(C)O)c2)c2c1C(=O)NCCCOCCC2. The number of amides is 1. The lowest BCUT2D eigenvalue weighted by Crippen LogP contribution is -2.28. The molecular formula is C26H37N3O5. The second kappa shape index (κ2) is 11.6. The topological polar surface area (TPSA) is 103 Å².